The van der Waals surface area contributed by atoms with Gasteiger partial charge in [0.2, 0.25) is 5.91 Å². The second-order valence-electron chi connectivity index (χ2n) is 7.93. The number of aromatic nitrogens is 4. The Hall–Kier alpha value is -2.88. The summed E-state index contributed by atoms with van der Waals surface area (Å²) in [6.45, 7) is 1.93. The molecule has 4 rings (SSSR count). The lowest BCUT2D eigenvalue weighted by Gasteiger charge is -2.13. The van der Waals surface area contributed by atoms with Gasteiger partial charge in [-0.05, 0) is 36.6 Å². The molecule has 2 heterocycles. The molecule has 1 fully saturated rings. The van der Waals surface area contributed by atoms with E-state index in [1.807, 2.05) is 0 Å². The zero-order valence-electron chi connectivity index (χ0n) is 17.0. The number of carbonyl (C=O) groups is 1. The van der Waals surface area contributed by atoms with Crippen LogP contribution in [0, 0.1) is 11.7 Å². The Morgan fingerprint density at radius 2 is 2.00 bits per heavy atom. The number of halogens is 5. The normalized spacial score (nSPS) is 15.1. The van der Waals surface area contributed by atoms with E-state index < -0.39 is 23.6 Å². The Kier molecular flexibility index (Phi) is 5.98. The lowest BCUT2D eigenvalue weighted by atomic mass is 10.1. The summed E-state index contributed by atoms with van der Waals surface area (Å²) in [7, 11) is 0. The van der Waals surface area contributed by atoms with Crippen molar-refractivity contribution in [3.8, 4) is 0 Å². The van der Waals surface area contributed by atoms with Crippen LogP contribution >= 0.6 is 11.6 Å². The van der Waals surface area contributed by atoms with Crippen molar-refractivity contribution in [2.45, 2.75) is 44.9 Å². The molecule has 0 aliphatic heterocycles. The fraction of sp³-hybridized carbons (Fsp3) is 0.381. The second-order valence-corrected chi connectivity index (χ2v) is 8.34. The molecule has 11 heteroatoms. The maximum absolute atomic E-state index is 13.2. The molecular weight excluding hydrogens is 450 g/mol. The highest BCUT2D eigenvalue weighted by molar-refractivity contribution is 6.31. The predicted molar refractivity (Wildman–Crippen MR) is 110 cm³/mol. The Labute approximate surface area is 186 Å². The Morgan fingerprint density at radius 1 is 1.25 bits per heavy atom. The molecule has 1 unspecified atom stereocenters. The average Bonchev–Trinajstić information content (AvgIpc) is 3.31. The Balaban J connectivity index is 1.40. The maximum Gasteiger partial charge on any atom is 0.435 e. The van der Waals surface area contributed by atoms with Gasteiger partial charge in [-0.15, -0.1) is 0 Å². The summed E-state index contributed by atoms with van der Waals surface area (Å²) in [6.07, 6.45) is -1.26. The van der Waals surface area contributed by atoms with Gasteiger partial charge in [0.05, 0.1) is 19.0 Å². The predicted octanol–water partition coefficient (Wildman–Crippen LogP) is 5.09. The molecule has 170 valence electrons. The highest BCUT2D eigenvalue weighted by atomic mass is 35.5. The van der Waals surface area contributed by atoms with Crippen LogP contribution in [0.25, 0.3) is 0 Å². The second kappa shape index (κ2) is 8.57. The number of nitrogens with one attached hydrogen (secondary N) is 1. The first-order valence-corrected chi connectivity index (χ1v) is 10.4. The highest BCUT2D eigenvalue weighted by Crippen LogP contribution is 2.42. The number of hydrogen-bond acceptors (Lipinski definition) is 3. The third kappa shape index (κ3) is 5.12. The monoisotopic (exact) mass is 469 g/mol. The zero-order chi connectivity index (χ0) is 23.0. The molecule has 1 saturated carbocycles. The van der Waals surface area contributed by atoms with Gasteiger partial charge in [-0.3, -0.25) is 14.2 Å². The van der Waals surface area contributed by atoms with Crippen molar-refractivity contribution in [3.63, 3.8) is 0 Å². The summed E-state index contributed by atoms with van der Waals surface area (Å²) < 4.78 is 55.2. The van der Waals surface area contributed by atoms with E-state index in [1.165, 1.54) is 21.5 Å². The summed E-state index contributed by atoms with van der Waals surface area (Å²) in [4.78, 5) is 12.6. The van der Waals surface area contributed by atoms with Crippen LogP contribution in [0.15, 0.2) is 36.5 Å². The van der Waals surface area contributed by atoms with Gasteiger partial charge in [0.25, 0.3) is 0 Å². The van der Waals surface area contributed by atoms with E-state index in [0.29, 0.717) is 17.1 Å². The highest BCUT2D eigenvalue weighted by Gasteiger charge is 2.38. The average molecular weight is 470 g/mol. The molecule has 1 aromatic carbocycles. The number of hydrogen-bond donors (Lipinski definition) is 1. The quantitative estimate of drug-likeness (QED) is 0.490. The lowest BCUT2D eigenvalue weighted by Crippen LogP contribution is -2.26. The van der Waals surface area contributed by atoms with Gasteiger partial charge in [0.15, 0.2) is 11.5 Å². The van der Waals surface area contributed by atoms with E-state index in [9.17, 15) is 22.4 Å². The third-order valence-corrected chi connectivity index (χ3v) is 5.58. The molecule has 32 heavy (non-hydrogen) atoms. The van der Waals surface area contributed by atoms with Gasteiger partial charge < -0.3 is 5.32 Å². The van der Waals surface area contributed by atoms with E-state index in [4.69, 9.17) is 11.6 Å². The smallest absolute Gasteiger partial charge is 0.309 e. The molecular formula is C21H20ClF4N5O. The number of carbonyl (C=O) groups excluding carboxylic acids is 1. The van der Waals surface area contributed by atoms with E-state index in [1.54, 1.807) is 25.3 Å². The van der Waals surface area contributed by atoms with Crippen LogP contribution < -0.4 is 5.32 Å². The molecule has 0 radical (unpaired) electrons. The van der Waals surface area contributed by atoms with Gasteiger partial charge in [-0.2, -0.15) is 23.4 Å². The number of anilines is 1. The number of amides is 1. The number of alkyl halides is 3. The summed E-state index contributed by atoms with van der Waals surface area (Å²) in [5.74, 6) is -1.11. The molecule has 1 amide bonds. The number of benzene rings is 1. The molecule has 2 aromatic heterocycles. The fourth-order valence-corrected chi connectivity index (χ4v) is 3.58. The van der Waals surface area contributed by atoms with E-state index in [-0.39, 0.29) is 29.9 Å². The minimum atomic E-state index is -4.53. The summed E-state index contributed by atoms with van der Waals surface area (Å²) >= 11 is 6.03. The Bertz CT molecular complexity index is 1140. The van der Waals surface area contributed by atoms with Crippen molar-refractivity contribution >= 4 is 23.3 Å². The minimum absolute atomic E-state index is 0.0274. The van der Waals surface area contributed by atoms with Gasteiger partial charge in [-0.1, -0.05) is 24.6 Å². The van der Waals surface area contributed by atoms with Crippen molar-refractivity contribution in [1.82, 2.24) is 19.6 Å². The van der Waals surface area contributed by atoms with Crippen LogP contribution in [0.4, 0.5) is 23.4 Å². The van der Waals surface area contributed by atoms with Gasteiger partial charge in [0, 0.05) is 28.9 Å². The molecule has 1 atom stereocenters. The fourth-order valence-electron chi connectivity index (χ4n) is 3.36. The first-order chi connectivity index (χ1) is 15.1. The standard InChI is InChI=1S/C21H20ClF4N5O/c1-12(10-31-17(13-2-3-13)9-18(28-31)21(24,25)26)20(32)27-19-6-7-30(29-19)11-14-4-5-15(23)8-16(14)22/h4-9,12-13H,2-3,10-11H2,1H3,(H,27,29,32). The molecule has 0 bridgehead atoms. The molecule has 1 aliphatic carbocycles. The Morgan fingerprint density at radius 3 is 2.66 bits per heavy atom. The molecule has 1 aliphatic rings. The van der Waals surface area contributed by atoms with Gasteiger partial charge in [0.1, 0.15) is 5.82 Å². The SMILES string of the molecule is CC(Cn1nc(C(F)(F)F)cc1C1CC1)C(=O)Nc1ccn(Cc2ccc(F)cc2Cl)n1. The van der Waals surface area contributed by atoms with E-state index >= 15 is 0 Å². The maximum atomic E-state index is 13.2. The van der Waals surface area contributed by atoms with Crippen LogP contribution in [0.5, 0.6) is 0 Å². The van der Waals surface area contributed by atoms with Crippen LogP contribution in [-0.2, 0) is 24.1 Å². The van der Waals surface area contributed by atoms with Crippen LogP contribution in [0.2, 0.25) is 5.02 Å². The van der Waals surface area contributed by atoms with Crippen LogP contribution in [0.3, 0.4) is 0 Å². The van der Waals surface area contributed by atoms with Crippen molar-refractivity contribution < 1.29 is 22.4 Å². The van der Waals surface area contributed by atoms with Crippen molar-refractivity contribution in [3.05, 3.63) is 64.3 Å². The summed E-state index contributed by atoms with van der Waals surface area (Å²) in [5, 5.41) is 10.9. The first-order valence-electron chi connectivity index (χ1n) is 10.0. The minimum Gasteiger partial charge on any atom is -0.309 e. The van der Waals surface area contributed by atoms with Crippen LogP contribution in [0.1, 0.15) is 42.6 Å². The molecule has 1 N–H and O–H groups in total. The first kappa shape index (κ1) is 22.3. The lowest BCUT2D eigenvalue weighted by molar-refractivity contribution is -0.141. The number of nitrogens with zero attached hydrogens (tertiary/aromatic N) is 4. The zero-order valence-corrected chi connectivity index (χ0v) is 17.8. The van der Waals surface area contributed by atoms with Crippen molar-refractivity contribution in [2.24, 2.45) is 5.92 Å². The van der Waals surface area contributed by atoms with Crippen molar-refractivity contribution in [1.29, 1.82) is 0 Å². The van der Waals surface area contributed by atoms with Crippen LogP contribution in [-0.4, -0.2) is 25.5 Å². The molecule has 3 aromatic rings. The van der Waals surface area contributed by atoms with Gasteiger partial charge >= 0.3 is 6.18 Å². The van der Waals surface area contributed by atoms with E-state index in [0.717, 1.165) is 18.9 Å². The summed E-state index contributed by atoms with van der Waals surface area (Å²) in [6, 6.07) is 6.72. The molecule has 0 spiro atoms. The van der Waals surface area contributed by atoms with Gasteiger partial charge in [-0.25, -0.2) is 4.39 Å². The molecule has 6 nitrogen and oxygen atoms in total. The van der Waals surface area contributed by atoms with Crippen molar-refractivity contribution in [2.75, 3.05) is 5.32 Å². The number of rotatable bonds is 7. The van der Waals surface area contributed by atoms with E-state index in [2.05, 4.69) is 15.5 Å². The third-order valence-electron chi connectivity index (χ3n) is 5.23. The molecule has 0 saturated heterocycles. The largest absolute Gasteiger partial charge is 0.435 e. The summed E-state index contributed by atoms with van der Waals surface area (Å²) in [5.41, 5.74) is 0.233. The topological polar surface area (TPSA) is 64.7 Å².